The zero-order valence-corrected chi connectivity index (χ0v) is 24.6. The molecule has 2 nitrogen and oxygen atoms in total. The summed E-state index contributed by atoms with van der Waals surface area (Å²) >= 11 is 0. The number of hydrogen-bond acceptors (Lipinski definition) is 2. The molecule has 0 saturated heterocycles. The second kappa shape index (κ2) is 13.1. The molecule has 186 valence electrons. The molecule has 0 saturated carbocycles. The Balaban J connectivity index is 0.000000539. The van der Waals surface area contributed by atoms with Crippen LogP contribution in [0.25, 0.3) is 0 Å². The molecule has 0 aliphatic heterocycles. The summed E-state index contributed by atoms with van der Waals surface area (Å²) in [6.07, 6.45) is 3.47. The molecule has 4 rings (SSSR count). The van der Waals surface area contributed by atoms with Crippen LogP contribution >= 0.6 is 15.8 Å². The summed E-state index contributed by atoms with van der Waals surface area (Å²) in [7, 11) is -1.14. The SMILES string of the molecule is C[C@@H](c1[c-]c(P(c2ccco2)c2ccco2)ccc1)P(C(C)(C)C)C(C)(C)C.[Fe+2].[c-]1ccccc1. The Kier molecular flexibility index (Phi) is 11.1. The van der Waals surface area contributed by atoms with Crippen molar-refractivity contribution in [2.24, 2.45) is 0 Å². The van der Waals surface area contributed by atoms with E-state index in [4.69, 9.17) is 8.83 Å². The Morgan fingerprint density at radius 2 is 1.26 bits per heavy atom. The smallest absolute Gasteiger partial charge is 0.464 e. The summed E-state index contributed by atoms with van der Waals surface area (Å²) in [6.45, 7) is 16.6. The van der Waals surface area contributed by atoms with Crippen molar-refractivity contribution in [1.29, 1.82) is 0 Å². The largest absolute Gasteiger partial charge is 2.00 e. The number of hydrogen-bond donors (Lipinski definition) is 0. The zero-order valence-electron chi connectivity index (χ0n) is 21.7. The molecule has 0 aliphatic carbocycles. The Morgan fingerprint density at radius 1 is 0.714 bits per heavy atom. The van der Waals surface area contributed by atoms with Crippen LogP contribution in [-0.4, -0.2) is 10.3 Å². The average molecular weight is 546 g/mol. The molecule has 0 spiro atoms. The first-order valence-electron chi connectivity index (χ1n) is 11.7. The molecule has 2 heterocycles. The molecule has 5 heteroatoms. The quantitative estimate of drug-likeness (QED) is 0.144. The van der Waals surface area contributed by atoms with Crippen LogP contribution in [0.15, 0.2) is 94.2 Å². The van der Waals surface area contributed by atoms with E-state index >= 15 is 0 Å². The van der Waals surface area contributed by atoms with Crippen LogP contribution in [-0.2, 0) is 17.1 Å². The molecule has 0 N–H and O–H groups in total. The van der Waals surface area contributed by atoms with Gasteiger partial charge < -0.3 is 8.83 Å². The molecular weight excluding hydrogens is 510 g/mol. The molecule has 35 heavy (non-hydrogen) atoms. The van der Waals surface area contributed by atoms with Gasteiger partial charge in [0.05, 0.1) is 12.5 Å². The van der Waals surface area contributed by atoms with E-state index in [1.165, 1.54) is 5.56 Å². The molecule has 2 aromatic heterocycles. The van der Waals surface area contributed by atoms with Gasteiger partial charge in [-0.3, -0.25) is 0 Å². The zero-order chi connectivity index (χ0) is 24.8. The van der Waals surface area contributed by atoms with Crippen molar-refractivity contribution in [3.63, 3.8) is 0 Å². The van der Waals surface area contributed by atoms with Crippen molar-refractivity contribution in [1.82, 2.24) is 0 Å². The molecule has 0 unspecified atom stereocenters. The van der Waals surface area contributed by atoms with E-state index in [0.717, 1.165) is 16.3 Å². The van der Waals surface area contributed by atoms with Crippen molar-refractivity contribution in [2.45, 2.75) is 64.4 Å². The fraction of sp³-hybridized carbons (Fsp3) is 0.333. The maximum absolute atomic E-state index is 5.78. The van der Waals surface area contributed by atoms with Crippen molar-refractivity contribution in [3.05, 3.63) is 103 Å². The minimum Gasteiger partial charge on any atom is -0.464 e. The second-order valence-electron chi connectivity index (χ2n) is 10.2. The standard InChI is InChI=1S/C24H31O2P2.C6H5.Fe/c1-18(28(23(2,3)4)24(5,6)7)19-11-8-12-20(17-19)27(21-13-9-15-25-21)22-14-10-16-26-22;1-2-4-6-5-3-1;/h8-16,18H,1-7H3;1-5H;/q2*-1;+2/t18-;;/m0../s1. The Labute approximate surface area is 224 Å². The predicted molar refractivity (Wildman–Crippen MR) is 149 cm³/mol. The van der Waals surface area contributed by atoms with Gasteiger partial charge in [0.25, 0.3) is 0 Å². The minimum absolute atomic E-state index is 0. The molecule has 0 amide bonds. The molecule has 0 radical (unpaired) electrons. The van der Waals surface area contributed by atoms with Crippen LogP contribution < -0.4 is 16.3 Å². The molecule has 1 atom stereocenters. The maximum atomic E-state index is 5.78. The summed E-state index contributed by atoms with van der Waals surface area (Å²) in [5.74, 6) is 0. The van der Waals surface area contributed by atoms with Crippen molar-refractivity contribution in [2.75, 3.05) is 0 Å². The number of furan rings is 2. The molecule has 0 bridgehead atoms. The van der Waals surface area contributed by atoms with Gasteiger partial charge in [0, 0.05) is 7.92 Å². The van der Waals surface area contributed by atoms with E-state index in [1.54, 1.807) is 12.5 Å². The summed E-state index contributed by atoms with van der Waals surface area (Å²) in [4.78, 5) is 0. The van der Waals surface area contributed by atoms with Gasteiger partial charge >= 0.3 is 17.1 Å². The van der Waals surface area contributed by atoms with Crippen LogP contribution in [0.4, 0.5) is 0 Å². The van der Waals surface area contributed by atoms with Crippen LogP contribution in [0.1, 0.15) is 59.7 Å². The third-order valence-corrected chi connectivity index (χ3v) is 11.5. The maximum Gasteiger partial charge on any atom is 2.00 e. The molecule has 0 aliphatic rings. The van der Waals surface area contributed by atoms with E-state index < -0.39 is 7.92 Å². The van der Waals surface area contributed by atoms with E-state index in [2.05, 4.69) is 78.8 Å². The van der Waals surface area contributed by atoms with E-state index in [9.17, 15) is 0 Å². The van der Waals surface area contributed by atoms with Gasteiger partial charge in [-0.15, -0.1) is 5.30 Å². The topological polar surface area (TPSA) is 26.3 Å². The van der Waals surface area contributed by atoms with E-state index in [-0.39, 0.29) is 35.3 Å². The Bertz CT molecular complexity index is 1020. The number of rotatable bonds is 5. The minimum atomic E-state index is -0.870. The average Bonchev–Trinajstić information content (AvgIpc) is 3.49. The predicted octanol–water partition coefficient (Wildman–Crippen LogP) is 8.06. The molecular formula is C30H36FeO2P2. The first-order valence-corrected chi connectivity index (χ1v) is 14.4. The first kappa shape index (κ1) is 29.6. The van der Waals surface area contributed by atoms with Crippen molar-refractivity contribution in [3.8, 4) is 0 Å². The number of benzene rings is 2. The normalized spacial score (nSPS) is 12.6. The van der Waals surface area contributed by atoms with Gasteiger partial charge in [-0.25, -0.2) is 0 Å². The monoisotopic (exact) mass is 546 g/mol. The van der Waals surface area contributed by atoms with Crippen molar-refractivity contribution < 1.29 is 25.9 Å². The summed E-state index contributed by atoms with van der Waals surface area (Å²) < 4.78 is 11.6. The third-order valence-electron chi connectivity index (χ3n) is 5.39. The molecule has 2 aromatic carbocycles. The summed E-state index contributed by atoms with van der Waals surface area (Å²) in [5, 5.41) is 1.69. The first-order chi connectivity index (χ1) is 16.1. The Morgan fingerprint density at radius 3 is 1.63 bits per heavy atom. The third kappa shape index (κ3) is 8.20. The van der Waals surface area contributed by atoms with Gasteiger partial charge in [0.2, 0.25) is 0 Å². The van der Waals surface area contributed by atoms with Crippen LogP contribution in [0, 0.1) is 12.1 Å². The van der Waals surface area contributed by atoms with Gasteiger partial charge in [-0.2, -0.15) is 66.2 Å². The Hall–Kier alpha value is -1.62. The fourth-order valence-corrected chi connectivity index (χ4v) is 11.4. The van der Waals surface area contributed by atoms with E-state index in [1.807, 2.05) is 54.6 Å². The van der Waals surface area contributed by atoms with Crippen molar-refractivity contribution >= 4 is 32.2 Å². The van der Waals surface area contributed by atoms with Gasteiger partial charge in [-0.05, 0) is 40.2 Å². The van der Waals surface area contributed by atoms with Gasteiger partial charge in [0.15, 0.2) is 0 Å². The molecule has 4 aromatic rings. The van der Waals surface area contributed by atoms with E-state index in [0.29, 0.717) is 5.66 Å². The summed E-state index contributed by atoms with van der Waals surface area (Å²) in [5.41, 5.74) is 3.64. The van der Waals surface area contributed by atoms with Crippen LogP contribution in [0.3, 0.4) is 0 Å². The summed E-state index contributed by atoms with van der Waals surface area (Å²) in [6, 6.07) is 30.8. The van der Waals surface area contributed by atoms with Gasteiger partial charge in [0.1, 0.15) is 11.0 Å². The molecule has 0 fully saturated rings. The van der Waals surface area contributed by atoms with Gasteiger partial charge in [-0.1, -0.05) is 56.4 Å². The fourth-order valence-electron chi connectivity index (χ4n) is 4.64. The van der Waals surface area contributed by atoms with Crippen LogP contribution in [0.2, 0.25) is 0 Å². The van der Waals surface area contributed by atoms with Crippen LogP contribution in [0.5, 0.6) is 0 Å². The second-order valence-corrected chi connectivity index (χ2v) is 16.4.